The van der Waals surface area contributed by atoms with Gasteiger partial charge in [0.1, 0.15) is 11.5 Å². The van der Waals surface area contributed by atoms with Crippen molar-refractivity contribution < 1.29 is 23.6 Å². The summed E-state index contributed by atoms with van der Waals surface area (Å²) in [4.78, 5) is 11.4. The molecule has 0 amide bonds. The number of carbonyl (C=O) groups is 1. The summed E-state index contributed by atoms with van der Waals surface area (Å²) in [5.74, 6) is -0.471. The SMILES string of the molecule is C[SiH](C)OC(c1cc(C(CCCOCc2ccccc2)CC(=O)O)on1)C(C)(C)C. The summed E-state index contributed by atoms with van der Waals surface area (Å²) in [6, 6.07) is 11.9. The molecule has 166 valence electrons. The molecule has 0 bridgehead atoms. The number of aliphatic carboxylic acids is 1. The molecule has 2 rings (SSSR count). The zero-order chi connectivity index (χ0) is 22.1. The third-order valence-corrected chi connectivity index (χ3v) is 5.60. The van der Waals surface area contributed by atoms with Gasteiger partial charge in [-0.25, -0.2) is 0 Å². The Morgan fingerprint density at radius 3 is 2.53 bits per heavy atom. The number of benzene rings is 1. The minimum Gasteiger partial charge on any atom is -0.481 e. The molecule has 1 aromatic carbocycles. The van der Waals surface area contributed by atoms with Crippen LogP contribution in [0.3, 0.4) is 0 Å². The summed E-state index contributed by atoms with van der Waals surface area (Å²) < 4.78 is 17.5. The van der Waals surface area contributed by atoms with Crippen LogP contribution in [0.4, 0.5) is 0 Å². The molecule has 1 heterocycles. The van der Waals surface area contributed by atoms with Crippen molar-refractivity contribution in [1.82, 2.24) is 5.16 Å². The smallest absolute Gasteiger partial charge is 0.304 e. The minimum absolute atomic E-state index is 0.00723. The molecule has 6 nitrogen and oxygen atoms in total. The van der Waals surface area contributed by atoms with Crippen molar-refractivity contribution in [1.29, 1.82) is 0 Å². The maximum absolute atomic E-state index is 11.4. The number of rotatable bonds is 12. The average Bonchev–Trinajstić information content (AvgIpc) is 3.14. The van der Waals surface area contributed by atoms with Crippen LogP contribution in [0.15, 0.2) is 40.9 Å². The fourth-order valence-corrected chi connectivity index (χ4v) is 4.45. The second-order valence-electron chi connectivity index (χ2n) is 9.06. The largest absolute Gasteiger partial charge is 0.481 e. The van der Waals surface area contributed by atoms with Gasteiger partial charge in [0.2, 0.25) is 0 Å². The molecule has 2 aromatic rings. The van der Waals surface area contributed by atoms with E-state index in [2.05, 4.69) is 39.0 Å². The normalized spacial score (nSPS) is 14.1. The predicted octanol–water partition coefficient (Wildman–Crippen LogP) is 5.32. The second-order valence-corrected chi connectivity index (χ2v) is 11.4. The molecule has 1 N–H and O–H groups in total. The fourth-order valence-electron chi connectivity index (χ4n) is 3.36. The van der Waals surface area contributed by atoms with E-state index in [-0.39, 0.29) is 23.9 Å². The first kappa shape index (κ1) is 24.3. The van der Waals surface area contributed by atoms with Gasteiger partial charge in [-0.1, -0.05) is 56.3 Å². The van der Waals surface area contributed by atoms with Crippen LogP contribution in [-0.4, -0.2) is 31.9 Å². The van der Waals surface area contributed by atoms with E-state index in [0.29, 0.717) is 25.4 Å². The highest BCUT2D eigenvalue weighted by atomic mass is 28.3. The quantitative estimate of drug-likeness (QED) is 0.360. The second kappa shape index (κ2) is 11.4. The lowest BCUT2D eigenvalue weighted by molar-refractivity contribution is -0.137. The first-order chi connectivity index (χ1) is 14.2. The van der Waals surface area contributed by atoms with E-state index < -0.39 is 15.0 Å². The first-order valence-electron chi connectivity index (χ1n) is 10.6. The van der Waals surface area contributed by atoms with Crippen LogP contribution < -0.4 is 0 Å². The topological polar surface area (TPSA) is 81.8 Å². The van der Waals surface area contributed by atoms with Crippen LogP contribution in [0.2, 0.25) is 13.1 Å². The van der Waals surface area contributed by atoms with Gasteiger partial charge in [0.25, 0.3) is 0 Å². The van der Waals surface area contributed by atoms with Gasteiger partial charge in [-0.05, 0) is 36.9 Å². The minimum atomic E-state index is -1.28. The van der Waals surface area contributed by atoms with Crippen LogP contribution in [0.5, 0.6) is 0 Å². The van der Waals surface area contributed by atoms with Crippen molar-refractivity contribution in [2.45, 2.75) is 71.8 Å². The average molecular weight is 434 g/mol. The van der Waals surface area contributed by atoms with Crippen molar-refractivity contribution in [3.63, 3.8) is 0 Å². The van der Waals surface area contributed by atoms with E-state index in [0.717, 1.165) is 17.7 Å². The van der Waals surface area contributed by atoms with Crippen LogP contribution in [0, 0.1) is 5.41 Å². The zero-order valence-electron chi connectivity index (χ0n) is 18.8. The molecule has 0 aliphatic carbocycles. The summed E-state index contributed by atoms with van der Waals surface area (Å²) in [6.07, 6.45) is 1.25. The highest BCUT2D eigenvalue weighted by molar-refractivity contribution is 6.48. The van der Waals surface area contributed by atoms with Crippen molar-refractivity contribution >= 4 is 15.0 Å². The van der Waals surface area contributed by atoms with Gasteiger partial charge in [-0.2, -0.15) is 0 Å². The summed E-state index contributed by atoms with van der Waals surface area (Å²) in [5.41, 5.74) is 1.75. The van der Waals surface area contributed by atoms with E-state index in [1.807, 2.05) is 36.4 Å². The Morgan fingerprint density at radius 1 is 1.23 bits per heavy atom. The Hall–Kier alpha value is -1.96. The molecule has 0 saturated heterocycles. The molecular formula is C23H35NO5Si. The first-order valence-corrected chi connectivity index (χ1v) is 13.4. The third-order valence-electron chi connectivity index (χ3n) is 4.79. The lowest BCUT2D eigenvalue weighted by atomic mass is 9.86. The Labute approximate surface area is 181 Å². The van der Waals surface area contributed by atoms with Crippen LogP contribution in [-0.2, 0) is 20.6 Å². The molecule has 2 atom stereocenters. The third kappa shape index (κ3) is 8.05. The van der Waals surface area contributed by atoms with E-state index >= 15 is 0 Å². The molecule has 1 aromatic heterocycles. The number of hydrogen-bond donors (Lipinski definition) is 1. The lowest BCUT2D eigenvalue weighted by Gasteiger charge is -2.30. The van der Waals surface area contributed by atoms with E-state index in [4.69, 9.17) is 13.7 Å². The van der Waals surface area contributed by atoms with Crippen molar-refractivity contribution in [3.05, 3.63) is 53.4 Å². The Kier molecular flexibility index (Phi) is 9.26. The highest BCUT2D eigenvalue weighted by Gasteiger charge is 2.32. The van der Waals surface area contributed by atoms with Gasteiger partial charge in [0.15, 0.2) is 9.04 Å². The monoisotopic (exact) mass is 433 g/mol. The molecule has 7 heteroatoms. The number of ether oxygens (including phenoxy) is 1. The number of aromatic nitrogens is 1. The molecule has 2 unspecified atom stereocenters. The molecule has 30 heavy (non-hydrogen) atoms. The van der Waals surface area contributed by atoms with Gasteiger partial charge < -0.3 is 18.8 Å². The summed E-state index contributed by atoms with van der Waals surface area (Å²) >= 11 is 0. The van der Waals surface area contributed by atoms with Gasteiger partial charge in [-0.15, -0.1) is 0 Å². The summed E-state index contributed by atoms with van der Waals surface area (Å²) in [7, 11) is -1.28. The van der Waals surface area contributed by atoms with Gasteiger partial charge >= 0.3 is 5.97 Å². The number of carboxylic acid groups (broad SMARTS) is 1. The maximum Gasteiger partial charge on any atom is 0.304 e. The summed E-state index contributed by atoms with van der Waals surface area (Å²) in [5, 5.41) is 13.6. The molecule has 0 aliphatic heterocycles. The van der Waals surface area contributed by atoms with Crippen molar-refractivity contribution in [2.24, 2.45) is 5.41 Å². The van der Waals surface area contributed by atoms with Crippen LogP contribution >= 0.6 is 0 Å². The van der Waals surface area contributed by atoms with E-state index in [1.165, 1.54) is 0 Å². The Morgan fingerprint density at radius 2 is 1.93 bits per heavy atom. The molecule has 0 saturated carbocycles. The van der Waals surface area contributed by atoms with Gasteiger partial charge in [-0.3, -0.25) is 4.79 Å². The van der Waals surface area contributed by atoms with Crippen molar-refractivity contribution in [3.8, 4) is 0 Å². The van der Waals surface area contributed by atoms with Crippen LogP contribution in [0.25, 0.3) is 0 Å². The standard InChI is InChI=1S/C23H35NO5Si/c1-23(2,3)22(29-30(4)5)19-15-20(28-24-19)18(14-21(25)26)12-9-13-27-16-17-10-7-6-8-11-17/h6-8,10-11,15,18,22,30H,9,12-14,16H2,1-5H3,(H,25,26). The predicted molar refractivity (Wildman–Crippen MR) is 119 cm³/mol. The number of nitrogens with zero attached hydrogens (tertiary/aromatic N) is 1. The number of hydrogen-bond acceptors (Lipinski definition) is 5. The van der Waals surface area contributed by atoms with Gasteiger partial charge in [0, 0.05) is 18.6 Å². The lowest BCUT2D eigenvalue weighted by Crippen LogP contribution is -2.26. The zero-order valence-corrected chi connectivity index (χ0v) is 19.9. The fraction of sp³-hybridized carbons (Fsp3) is 0.565. The maximum atomic E-state index is 11.4. The molecule has 0 spiro atoms. The molecule has 0 radical (unpaired) electrons. The molecule has 0 aliphatic rings. The molecule has 0 fully saturated rings. The van der Waals surface area contributed by atoms with Crippen molar-refractivity contribution in [2.75, 3.05) is 6.61 Å². The molecular weight excluding hydrogens is 398 g/mol. The number of carboxylic acids is 1. The van der Waals surface area contributed by atoms with E-state index in [1.54, 1.807) is 0 Å². The van der Waals surface area contributed by atoms with E-state index in [9.17, 15) is 9.90 Å². The highest BCUT2D eigenvalue weighted by Crippen LogP contribution is 2.37. The summed E-state index contributed by atoms with van der Waals surface area (Å²) in [6.45, 7) is 11.7. The van der Waals surface area contributed by atoms with Crippen LogP contribution in [0.1, 0.15) is 69.1 Å². The van der Waals surface area contributed by atoms with Gasteiger partial charge in [0.05, 0.1) is 19.1 Å². The Balaban J connectivity index is 1.98. The Bertz CT molecular complexity index is 769.